The molecule has 1 aromatic carbocycles. The second kappa shape index (κ2) is 8.12. The predicted molar refractivity (Wildman–Crippen MR) is 68.1 cm³/mol. The molecule has 5 heteroatoms. The van der Waals surface area contributed by atoms with Crippen molar-refractivity contribution >= 4 is 5.91 Å². The van der Waals surface area contributed by atoms with Crippen LogP contribution in [0.15, 0.2) is 24.3 Å². The molecule has 0 spiro atoms. The molecule has 1 aliphatic heterocycles. The van der Waals surface area contributed by atoms with Crippen LogP contribution in [0.4, 0.5) is 4.39 Å². The van der Waals surface area contributed by atoms with Crippen LogP contribution in [0.1, 0.15) is 29.6 Å². The molecule has 1 saturated heterocycles. The monoisotopic (exact) mass is 286 g/mol. The first kappa shape index (κ1) is 15.9. The first-order valence-electron chi connectivity index (χ1n) is 6.63. The van der Waals surface area contributed by atoms with Crippen molar-refractivity contribution in [2.45, 2.75) is 19.3 Å². The summed E-state index contributed by atoms with van der Waals surface area (Å²) in [6, 6.07) is 6.08. The maximum atomic E-state index is 13.4. The van der Waals surface area contributed by atoms with Crippen molar-refractivity contribution in [2.24, 2.45) is 0 Å². The summed E-state index contributed by atoms with van der Waals surface area (Å²) in [5.74, 6) is -0.773. The summed E-state index contributed by atoms with van der Waals surface area (Å²) in [4.78, 5) is 13.3. The molecule has 0 unspecified atom stereocenters. The smallest absolute Gasteiger partial charge is 0.254 e. The minimum absolute atomic E-state index is 0. The van der Waals surface area contributed by atoms with E-state index in [2.05, 4.69) is 5.32 Å². The van der Waals surface area contributed by atoms with E-state index >= 15 is 0 Å². The molecule has 1 fully saturated rings. The zero-order valence-corrected chi connectivity index (χ0v) is 11.7. The van der Waals surface area contributed by atoms with E-state index < -0.39 is 5.82 Å². The van der Waals surface area contributed by atoms with E-state index in [0.29, 0.717) is 6.54 Å². The molecule has 0 radical (unpaired) electrons. The molecule has 0 aliphatic carbocycles. The number of amides is 1. The minimum atomic E-state index is -0.458. The van der Waals surface area contributed by atoms with Crippen LogP contribution in [0, 0.1) is 5.82 Å². The van der Waals surface area contributed by atoms with Crippen molar-refractivity contribution in [1.82, 2.24) is 5.32 Å². The van der Waals surface area contributed by atoms with Gasteiger partial charge < -0.3 is 22.6 Å². The van der Waals surface area contributed by atoms with Crippen LogP contribution in [0.25, 0.3) is 0 Å². The second-order valence-corrected chi connectivity index (χ2v) is 4.80. The summed E-state index contributed by atoms with van der Waals surface area (Å²) in [5, 5.41) is 2.79. The average Bonchev–Trinajstić information content (AvgIpc) is 2.40. The number of carbonyl (C=O) groups is 1. The highest BCUT2D eigenvalue weighted by Crippen LogP contribution is 2.05. The Morgan fingerprint density at radius 2 is 1.89 bits per heavy atom. The molecule has 0 atom stereocenters. The van der Waals surface area contributed by atoms with Crippen molar-refractivity contribution in [3.05, 3.63) is 35.6 Å². The lowest BCUT2D eigenvalue weighted by Crippen LogP contribution is -3.13. The van der Waals surface area contributed by atoms with Gasteiger partial charge in [0.25, 0.3) is 5.91 Å². The van der Waals surface area contributed by atoms with E-state index in [9.17, 15) is 9.18 Å². The molecule has 1 aromatic rings. The molecule has 3 nitrogen and oxygen atoms in total. The third kappa shape index (κ3) is 4.80. The van der Waals surface area contributed by atoms with Crippen LogP contribution in [-0.2, 0) is 0 Å². The fourth-order valence-electron chi connectivity index (χ4n) is 2.40. The van der Waals surface area contributed by atoms with Gasteiger partial charge in [-0.25, -0.2) is 4.39 Å². The Balaban J connectivity index is 0.00000180. The van der Waals surface area contributed by atoms with Crippen molar-refractivity contribution in [1.29, 1.82) is 0 Å². The third-order valence-electron chi connectivity index (χ3n) is 3.44. The number of nitrogens with one attached hydrogen (secondary N) is 2. The van der Waals surface area contributed by atoms with Crippen molar-refractivity contribution < 1.29 is 26.5 Å². The maximum absolute atomic E-state index is 13.4. The van der Waals surface area contributed by atoms with Crippen molar-refractivity contribution in [3.63, 3.8) is 0 Å². The van der Waals surface area contributed by atoms with Crippen LogP contribution < -0.4 is 22.6 Å². The summed E-state index contributed by atoms with van der Waals surface area (Å²) < 4.78 is 13.4. The lowest BCUT2D eigenvalue weighted by molar-refractivity contribution is -0.903. The number of hydrogen-bond donors (Lipinski definition) is 2. The van der Waals surface area contributed by atoms with Gasteiger partial charge in [0.1, 0.15) is 5.82 Å². The largest absolute Gasteiger partial charge is 1.00 e. The van der Waals surface area contributed by atoms with E-state index in [-0.39, 0.29) is 23.9 Å². The van der Waals surface area contributed by atoms with Gasteiger partial charge in [-0.15, -0.1) is 0 Å². The van der Waals surface area contributed by atoms with E-state index in [0.717, 1.165) is 6.54 Å². The summed E-state index contributed by atoms with van der Waals surface area (Å²) in [6.07, 6.45) is 3.87. The molecule has 2 rings (SSSR count). The Morgan fingerprint density at radius 3 is 2.58 bits per heavy atom. The zero-order chi connectivity index (χ0) is 12.8. The molecule has 1 amide bonds. The van der Waals surface area contributed by atoms with Gasteiger partial charge in [-0.1, -0.05) is 12.1 Å². The normalized spacial score (nSPS) is 15.6. The highest BCUT2D eigenvalue weighted by molar-refractivity contribution is 5.94. The Kier molecular flexibility index (Phi) is 6.81. The summed E-state index contributed by atoms with van der Waals surface area (Å²) in [5.41, 5.74) is 0.131. The van der Waals surface area contributed by atoms with Gasteiger partial charge in [0.05, 0.1) is 31.7 Å². The lowest BCUT2D eigenvalue weighted by atomic mass is 10.1. The zero-order valence-electron chi connectivity index (χ0n) is 10.9. The second-order valence-electron chi connectivity index (χ2n) is 4.80. The summed E-state index contributed by atoms with van der Waals surface area (Å²) in [7, 11) is 0. The van der Waals surface area contributed by atoms with Gasteiger partial charge in [0.2, 0.25) is 0 Å². The summed E-state index contributed by atoms with van der Waals surface area (Å²) >= 11 is 0. The van der Waals surface area contributed by atoms with E-state index in [1.54, 1.807) is 12.1 Å². The number of rotatable bonds is 4. The molecule has 1 aliphatic rings. The van der Waals surface area contributed by atoms with E-state index in [4.69, 9.17) is 0 Å². The van der Waals surface area contributed by atoms with E-state index in [1.807, 2.05) is 0 Å². The topological polar surface area (TPSA) is 33.5 Å². The van der Waals surface area contributed by atoms with Crippen LogP contribution in [0.5, 0.6) is 0 Å². The number of likely N-dealkylation sites (tertiary alicyclic amines) is 1. The molecule has 106 valence electrons. The maximum Gasteiger partial charge on any atom is 0.254 e. The summed E-state index contributed by atoms with van der Waals surface area (Å²) in [6.45, 7) is 3.92. The van der Waals surface area contributed by atoms with Gasteiger partial charge in [-0.2, -0.15) is 0 Å². The molecule has 0 aromatic heterocycles. The Morgan fingerprint density at radius 1 is 1.21 bits per heavy atom. The Labute approximate surface area is 119 Å². The quantitative estimate of drug-likeness (QED) is 0.637. The van der Waals surface area contributed by atoms with Gasteiger partial charge in [0.15, 0.2) is 0 Å². The van der Waals surface area contributed by atoms with Crippen LogP contribution >= 0.6 is 0 Å². The predicted octanol–water partition coefficient (Wildman–Crippen LogP) is -2.37. The highest BCUT2D eigenvalue weighted by Gasteiger charge is 2.14. The number of carbonyl (C=O) groups excluding carboxylic acids is 1. The van der Waals surface area contributed by atoms with Gasteiger partial charge >= 0.3 is 0 Å². The van der Waals surface area contributed by atoms with Crippen molar-refractivity contribution in [2.75, 3.05) is 26.2 Å². The molecular formula is C14H20ClFN2O. The van der Waals surface area contributed by atoms with Crippen molar-refractivity contribution in [3.8, 4) is 0 Å². The molecule has 0 saturated carbocycles. The first-order chi connectivity index (χ1) is 8.77. The van der Waals surface area contributed by atoms with Gasteiger partial charge in [-0.05, 0) is 31.4 Å². The lowest BCUT2D eigenvalue weighted by Gasteiger charge is -2.23. The number of hydrogen-bond acceptors (Lipinski definition) is 1. The van der Waals surface area contributed by atoms with Gasteiger partial charge in [-0.3, -0.25) is 4.79 Å². The molecular weight excluding hydrogens is 267 g/mol. The molecule has 2 N–H and O–H groups in total. The number of quaternary nitrogens is 1. The van der Waals surface area contributed by atoms with Crippen LogP contribution in [-0.4, -0.2) is 32.1 Å². The average molecular weight is 287 g/mol. The molecule has 0 bridgehead atoms. The number of benzene rings is 1. The van der Waals surface area contributed by atoms with Crippen LogP contribution in [0.3, 0.4) is 0 Å². The standard InChI is InChI=1S/C14H19FN2O.ClH/c15-13-7-3-2-6-12(13)14(18)16-8-11-17-9-4-1-5-10-17;/h2-3,6-7H,1,4-5,8-11H2,(H,16,18);1H. The number of piperidine rings is 1. The Bertz CT molecular complexity index is 408. The highest BCUT2D eigenvalue weighted by atomic mass is 35.5. The van der Waals surface area contributed by atoms with Crippen LogP contribution in [0.2, 0.25) is 0 Å². The fourth-order valence-corrected chi connectivity index (χ4v) is 2.40. The third-order valence-corrected chi connectivity index (χ3v) is 3.44. The molecule has 19 heavy (non-hydrogen) atoms. The molecule has 1 heterocycles. The number of halogens is 2. The first-order valence-corrected chi connectivity index (χ1v) is 6.63. The van der Waals surface area contributed by atoms with E-state index in [1.165, 1.54) is 49.4 Å². The minimum Gasteiger partial charge on any atom is -1.00 e. The fraction of sp³-hybridized carbons (Fsp3) is 0.500. The van der Waals surface area contributed by atoms with Gasteiger partial charge in [0, 0.05) is 0 Å². The SMILES string of the molecule is O=C(NCC[NH+]1CCCCC1)c1ccccc1F.[Cl-]. The Hall–Kier alpha value is -1.13.